The summed E-state index contributed by atoms with van der Waals surface area (Å²) in [6, 6.07) is 19.1. The molecule has 1 unspecified atom stereocenters. The van der Waals surface area contributed by atoms with Gasteiger partial charge in [0, 0.05) is 69.5 Å². The highest BCUT2D eigenvalue weighted by atomic mass is 16.6. The number of rotatable bonds is 6. The summed E-state index contributed by atoms with van der Waals surface area (Å²) in [5.74, 6) is 1.02. The number of fused-ring (bicyclic) bond motifs is 1. The van der Waals surface area contributed by atoms with E-state index in [1.54, 1.807) is 0 Å². The number of hydrogen-bond acceptors (Lipinski definition) is 6. The fourth-order valence-electron chi connectivity index (χ4n) is 5.17. The average Bonchev–Trinajstić information content (AvgIpc) is 3.27. The Hall–Kier alpha value is -3.03. The van der Waals surface area contributed by atoms with Crippen LogP contribution in [0.2, 0.25) is 0 Å². The Balaban J connectivity index is 1.01. The molecule has 186 valence electrons. The van der Waals surface area contributed by atoms with Crippen LogP contribution in [0.4, 0.5) is 10.5 Å². The second-order valence-electron chi connectivity index (χ2n) is 9.81. The zero-order valence-electron chi connectivity index (χ0n) is 20.9. The first-order valence-electron chi connectivity index (χ1n) is 12.7. The Kier molecular flexibility index (Phi) is 7.25. The highest BCUT2D eigenvalue weighted by molar-refractivity contribution is 5.77. The van der Waals surface area contributed by atoms with E-state index in [0.29, 0.717) is 19.7 Å². The van der Waals surface area contributed by atoms with Gasteiger partial charge in [-0.2, -0.15) is 0 Å². The number of carbonyl (C=O) groups is 1. The van der Waals surface area contributed by atoms with Crippen molar-refractivity contribution in [2.75, 3.05) is 63.9 Å². The number of ether oxygens (including phenoxy) is 1. The molecule has 0 bridgehead atoms. The van der Waals surface area contributed by atoms with Gasteiger partial charge in [-0.15, -0.1) is 0 Å². The number of para-hydroxylation sites is 1. The van der Waals surface area contributed by atoms with Crippen LogP contribution in [0.3, 0.4) is 0 Å². The molecule has 2 saturated heterocycles. The van der Waals surface area contributed by atoms with Crippen LogP contribution in [0, 0.1) is 6.92 Å². The van der Waals surface area contributed by atoms with E-state index in [1.807, 2.05) is 23.1 Å². The van der Waals surface area contributed by atoms with E-state index in [9.17, 15) is 4.79 Å². The molecule has 0 saturated carbocycles. The lowest BCUT2D eigenvalue weighted by Crippen LogP contribution is -2.54. The molecular weight excluding hydrogens is 440 g/mol. The molecule has 2 aliphatic heterocycles. The molecule has 5 rings (SSSR count). The number of piperazine rings is 2. The number of amides is 1. The number of anilines is 1. The first-order chi connectivity index (χ1) is 17.0. The van der Waals surface area contributed by atoms with E-state index in [2.05, 4.69) is 64.9 Å². The monoisotopic (exact) mass is 476 g/mol. The van der Waals surface area contributed by atoms with Crippen LogP contribution in [0.1, 0.15) is 18.2 Å². The average molecular weight is 477 g/mol. The molecule has 35 heavy (non-hydrogen) atoms. The van der Waals surface area contributed by atoms with Gasteiger partial charge in [-0.3, -0.25) is 9.80 Å². The Morgan fingerprint density at radius 1 is 0.971 bits per heavy atom. The zero-order chi connectivity index (χ0) is 24.2. The van der Waals surface area contributed by atoms with Gasteiger partial charge in [0.2, 0.25) is 0 Å². The van der Waals surface area contributed by atoms with Crippen LogP contribution in [-0.2, 0) is 11.3 Å². The van der Waals surface area contributed by atoms with Gasteiger partial charge in [-0.05, 0) is 43.7 Å². The fourth-order valence-corrected chi connectivity index (χ4v) is 5.17. The first kappa shape index (κ1) is 23.7. The van der Waals surface area contributed by atoms with Crippen molar-refractivity contribution in [3.63, 3.8) is 0 Å². The SMILES string of the molecule is Cc1cccc(N2CCN(C(=O)OCCN3CCN(Cc4cc5ccccc5o4)CC3)CC2C)c1. The van der Waals surface area contributed by atoms with Crippen molar-refractivity contribution < 1.29 is 13.9 Å². The van der Waals surface area contributed by atoms with Gasteiger partial charge in [-0.1, -0.05) is 30.3 Å². The van der Waals surface area contributed by atoms with Crippen LogP contribution in [-0.4, -0.2) is 85.8 Å². The second-order valence-corrected chi connectivity index (χ2v) is 9.81. The molecule has 3 heterocycles. The highest BCUT2D eigenvalue weighted by Crippen LogP contribution is 2.22. The highest BCUT2D eigenvalue weighted by Gasteiger charge is 2.28. The summed E-state index contributed by atoms with van der Waals surface area (Å²) in [6.07, 6.45) is -0.190. The van der Waals surface area contributed by atoms with E-state index >= 15 is 0 Å². The van der Waals surface area contributed by atoms with Crippen molar-refractivity contribution in [3.05, 3.63) is 65.9 Å². The maximum Gasteiger partial charge on any atom is 0.409 e. The molecule has 7 heteroatoms. The normalized spacial score (nSPS) is 19.9. The minimum absolute atomic E-state index is 0.190. The van der Waals surface area contributed by atoms with Gasteiger partial charge < -0.3 is 19.0 Å². The Labute approximate surface area is 207 Å². The lowest BCUT2D eigenvalue weighted by atomic mass is 10.1. The van der Waals surface area contributed by atoms with Crippen LogP contribution in [0.5, 0.6) is 0 Å². The zero-order valence-corrected chi connectivity index (χ0v) is 20.9. The number of hydrogen-bond donors (Lipinski definition) is 0. The molecular formula is C28H36N4O3. The number of nitrogens with zero attached hydrogens (tertiary/aromatic N) is 4. The number of carbonyl (C=O) groups excluding carboxylic acids is 1. The maximum absolute atomic E-state index is 12.7. The summed E-state index contributed by atoms with van der Waals surface area (Å²) in [6.45, 7) is 12.5. The van der Waals surface area contributed by atoms with Gasteiger partial charge >= 0.3 is 6.09 Å². The Morgan fingerprint density at radius 2 is 1.77 bits per heavy atom. The van der Waals surface area contributed by atoms with Gasteiger partial charge in [0.05, 0.1) is 6.54 Å². The van der Waals surface area contributed by atoms with Gasteiger partial charge in [0.25, 0.3) is 0 Å². The van der Waals surface area contributed by atoms with Crippen molar-refractivity contribution in [2.45, 2.75) is 26.4 Å². The van der Waals surface area contributed by atoms with E-state index in [4.69, 9.17) is 9.15 Å². The van der Waals surface area contributed by atoms with Gasteiger partial charge in [-0.25, -0.2) is 4.79 Å². The molecule has 0 radical (unpaired) electrons. The minimum atomic E-state index is -0.190. The first-order valence-corrected chi connectivity index (χ1v) is 12.7. The Bertz CT molecular complexity index is 1100. The summed E-state index contributed by atoms with van der Waals surface area (Å²) < 4.78 is 11.6. The lowest BCUT2D eigenvalue weighted by molar-refractivity contribution is 0.0691. The molecule has 1 amide bonds. The van der Waals surface area contributed by atoms with Crippen LogP contribution >= 0.6 is 0 Å². The third-order valence-electron chi connectivity index (χ3n) is 7.17. The maximum atomic E-state index is 12.7. The molecule has 0 aliphatic carbocycles. The molecule has 0 N–H and O–H groups in total. The Morgan fingerprint density at radius 3 is 2.54 bits per heavy atom. The van der Waals surface area contributed by atoms with Crippen molar-refractivity contribution in [3.8, 4) is 0 Å². The molecule has 7 nitrogen and oxygen atoms in total. The quantitative estimate of drug-likeness (QED) is 0.531. The number of aryl methyl sites for hydroxylation is 1. The molecule has 3 aromatic rings. The summed E-state index contributed by atoms with van der Waals surface area (Å²) in [4.78, 5) is 21.7. The summed E-state index contributed by atoms with van der Waals surface area (Å²) in [5.41, 5.74) is 3.44. The third kappa shape index (κ3) is 5.80. The molecule has 2 fully saturated rings. The number of benzene rings is 2. The molecule has 1 aromatic heterocycles. The fraction of sp³-hybridized carbons (Fsp3) is 0.464. The predicted octanol–water partition coefficient (Wildman–Crippen LogP) is 4.21. The summed E-state index contributed by atoms with van der Waals surface area (Å²) >= 11 is 0. The molecule has 2 aromatic carbocycles. The van der Waals surface area contributed by atoms with Gasteiger partial charge in [0.15, 0.2) is 0 Å². The third-order valence-corrected chi connectivity index (χ3v) is 7.17. The van der Waals surface area contributed by atoms with Crippen LogP contribution in [0.15, 0.2) is 59.0 Å². The largest absolute Gasteiger partial charge is 0.460 e. The van der Waals surface area contributed by atoms with Crippen LogP contribution in [0.25, 0.3) is 11.0 Å². The summed E-state index contributed by atoms with van der Waals surface area (Å²) in [7, 11) is 0. The molecule has 1 atom stereocenters. The summed E-state index contributed by atoms with van der Waals surface area (Å²) in [5, 5.41) is 1.16. The smallest absolute Gasteiger partial charge is 0.409 e. The second kappa shape index (κ2) is 10.7. The van der Waals surface area contributed by atoms with E-state index in [0.717, 1.165) is 62.5 Å². The van der Waals surface area contributed by atoms with E-state index in [1.165, 1.54) is 11.3 Å². The lowest BCUT2D eigenvalue weighted by Gasteiger charge is -2.41. The van der Waals surface area contributed by atoms with Crippen molar-refractivity contribution in [1.29, 1.82) is 0 Å². The van der Waals surface area contributed by atoms with Crippen molar-refractivity contribution in [1.82, 2.24) is 14.7 Å². The van der Waals surface area contributed by atoms with Crippen molar-refractivity contribution in [2.24, 2.45) is 0 Å². The topological polar surface area (TPSA) is 52.4 Å². The molecule has 0 spiro atoms. The van der Waals surface area contributed by atoms with Crippen LogP contribution < -0.4 is 4.90 Å². The van der Waals surface area contributed by atoms with E-state index in [-0.39, 0.29) is 12.1 Å². The minimum Gasteiger partial charge on any atom is -0.460 e. The van der Waals surface area contributed by atoms with E-state index < -0.39 is 0 Å². The standard InChI is InChI=1S/C28H36N4O3/c1-22-6-5-8-25(18-22)32-15-14-31(20-23(32)2)28(33)34-17-16-29-10-12-30(13-11-29)21-26-19-24-7-3-4-9-27(24)35-26/h3-9,18-19,23H,10-17,20-21H2,1-2H3. The molecule has 2 aliphatic rings. The predicted molar refractivity (Wildman–Crippen MR) is 139 cm³/mol. The van der Waals surface area contributed by atoms with Gasteiger partial charge in [0.1, 0.15) is 18.0 Å². The van der Waals surface area contributed by atoms with Crippen molar-refractivity contribution >= 4 is 22.7 Å². The number of furan rings is 1.